The third-order valence-corrected chi connectivity index (χ3v) is 2.14. The number of anilines is 1. The zero-order valence-electron chi connectivity index (χ0n) is 6.41. The number of thiazole rings is 1. The van der Waals surface area contributed by atoms with Gasteiger partial charge in [0.05, 0.1) is 6.20 Å². The number of rotatable bonds is 4. The molecule has 0 aliphatic heterocycles. The quantitative estimate of drug-likeness (QED) is 0.597. The maximum Gasteiger partial charge on any atom is 0.260 e. The highest BCUT2D eigenvalue weighted by molar-refractivity contribution is 7.17. The van der Waals surface area contributed by atoms with Crippen LogP contribution in [-0.4, -0.2) is 24.0 Å². The lowest BCUT2D eigenvalue weighted by atomic mass is 10.5. The molecule has 0 fully saturated rings. The van der Waals surface area contributed by atoms with Crippen molar-refractivity contribution in [3.05, 3.63) is 11.1 Å². The Morgan fingerprint density at radius 1 is 1.75 bits per heavy atom. The summed E-state index contributed by atoms with van der Waals surface area (Å²) in [6.07, 6.45) is 1.45. The zero-order chi connectivity index (χ0) is 8.97. The number of primary amides is 1. The molecule has 1 heterocycles. The Morgan fingerprint density at radius 2 is 2.50 bits per heavy atom. The third kappa shape index (κ3) is 2.18. The van der Waals surface area contributed by atoms with E-state index in [-0.39, 0.29) is 0 Å². The molecule has 0 bridgehead atoms. The van der Waals surface area contributed by atoms with Crippen LogP contribution in [-0.2, 0) is 0 Å². The summed E-state index contributed by atoms with van der Waals surface area (Å²) in [4.78, 5) is 15.0. The van der Waals surface area contributed by atoms with Crippen LogP contribution < -0.4 is 16.8 Å². The maximum atomic E-state index is 10.6. The molecule has 1 aromatic heterocycles. The number of carbonyl (C=O) groups is 1. The van der Waals surface area contributed by atoms with Gasteiger partial charge in [0.15, 0.2) is 5.13 Å². The topological polar surface area (TPSA) is 94.0 Å². The van der Waals surface area contributed by atoms with Crippen molar-refractivity contribution in [3.8, 4) is 0 Å². The molecular weight excluding hydrogens is 176 g/mol. The molecule has 1 rings (SSSR count). The largest absolute Gasteiger partial charge is 0.365 e. The average Bonchev–Trinajstić information content (AvgIpc) is 2.48. The van der Waals surface area contributed by atoms with Crippen LogP contribution in [0.4, 0.5) is 5.13 Å². The van der Waals surface area contributed by atoms with Gasteiger partial charge in [-0.15, -0.1) is 0 Å². The van der Waals surface area contributed by atoms with Gasteiger partial charge in [0.2, 0.25) is 0 Å². The highest BCUT2D eigenvalue weighted by Crippen LogP contribution is 2.16. The van der Waals surface area contributed by atoms with Gasteiger partial charge in [-0.05, 0) is 0 Å². The van der Waals surface area contributed by atoms with E-state index in [4.69, 9.17) is 11.5 Å². The highest BCUT2D eigenvalue weighted by atomic mass is 32.1. The Kier molecular flexibility index (Phi) is 3.01. The predicted octanol–water partition coefficient (Wildman–Crippen LogP) is -0.387. The van der Waals surface area contributed by atoms with E-state index in [2.05, 4.69) is 10.3 Å². The smallest absolute Gasteiger partial charge is 0.260 e. The monoisotopic (exact) mass is 186 g/mol. The van der Waals surface area contributed by atoms with E-state index in [0.717, 1.165) is 0 Å². The minimum atomic E-state index is -0.451. The second-order valence-electron chi connectivity index (χ2n) is 2.11. The van der Waals surface area contributed by atoms with Crippen molar-refractivity contribution in [1.29, 1.82) is 0 Å². The molecule has 0 aromatic carbocycles. The Morgan fingerprint density at radius 3 is 3.00 bits per heavy atom. The summed E-state index contributed by atoms with van der Waals surface area (Å²) in [5, 5.41) is 3.62. The molecule has 0 aliphatic rings. The SMILES string of the molecule is NCCNc1ncc(C(N)=O)s1. The summed E-state index contributed by atoms with van der Waals surface area (Å²) in [5.41, 5.74) is 10.3. The van der Waals surface area contributed by atoms with Crippen LogP contribution in [0, 0.1) is 0 Å². The second kappa shape index (κ2) is 4.03. The lowest BCUT2D eigenvalue weighted by molar-refractivity contribution is 0.100. The molecule has 0 saturated heterocycles. The molecule has 0 radical (unpaired) electrons. The fourth-order valence-corrected chi connectivity index (χ4v) is 1.34. The number of nitrogens with two attached hydrogens (primary N) is 2. The maximum absolute atomic E-state index is 10.6. The molecule has 0 spiro atoms. The van der Waals surface area contributed by atoms with Crippen molar-refractivity contribution < 1.29 is 4.79 Å². The number of aromatic nitrogens is 1. The van der Waals surface area contributed by atoms with Crippen molar-refractivity contribution in [2.24, 2.45) is 11.5 Å². The first-order chi connectivity index (χ1) is 5.74. The molecule has 12 heavy (non-hydrogen) atoms. The molecule has 6 heteroatoms. The molecule has 0 unspecified atom stereocenters. The van der Waals surface area contributed by atoms with Crippen molar-refractivity contribution >= 4 is 22.4 Å². The Bertz CT molecular complexity index is 272. The Hall–Kier alpha value is -1.14. The van der Waals surface area contributed by atoms with Gasteiger partial charge in [0, 0.05) is 13.1 Å². The summed E-state index contributed by atoms with van der Waals surface area (Å²) in [5.74, 6) is -0.451. The number of carbonyl (C=O) groups excluding carboxylic acids is 1. The van der Waals surface area contributed by atoms with Gasteiger partial charge in [-0.3, -0.25) is 4.79 Å². The summed E-state index contributed by atoms with van der Waals surface area (Å²) in [6, 6.07) is 0. The standard InChI is InChI=1S/C6H10N4OS/c7-1-2-9-6-10-3-4(12-6)5(8)11/h3H,1-2,7H2,(H2,8,11)(H,9,10). The number of nitrogens with one attached hydrogen (secondary N) is 1. The lowest BCUT2D eigenvalue weighted by Crippen LogP contribution is -2.12. The number of amides is 1. The fourth-order valence-electron chi connectivity index (χ4n) is 0.649. The van der Waals surface area contributed by atoms with Crippen molar-refractivity contribution in [2.75, 3.05) is 18.4 Å². The number of hydrogen-bond donors (Lipinski definition) is 3. The van der Waals surface area contributed by atoms with Gasteiger partial charge >= 0.3 is 0 Å². The summed E-state index contributed by atoms with van der Waals surface area (Å²) in [7, 11) is 0. The third-order valence-electron chi connectivity index (χ3n) is 1.17. The van der Waals surface area contributed by atoms with Crippen LogP contribution >= 0.6 is 11.3 Å². The van der Waals surface area contributed by atoms with E-state index in [1.807, 2.05) is 0 Å². The Labute approximate surface area is 73.8 Å². The highest BCUT2D eigenvalue weighted by Gasteiger charge is 2.04. The van der Waals surface area contributed by atoms with Gasteiger partial charge in [-0.1, -0.05) is 11.3 Å². The number of nitrogens with zero attached hydrogens (tertiary/aromatic N) is 1. The normalized spacial score (nSPS) is 9.75. The molecular formula is C6H10N4OS. The van der Waals surface area contributed by atoms with Gasteiger partial charge in [0.25, 0.3) is 5.91 Å². The lowest BCUT2D eigenvalue weighted by Gasteiger charge is -1.96. The van der Waals surface area contributed by atoms with Gasteiger partial charge in [-0.2, -0.15) is 0 Å². The van der Waals surface area contributed by atoms with Crippen molar-refractivity contribution in [2.45, 2.75) is 0 Å². The second-order valence-corrected chi connectivity index (χ2v) is 3.14. The van der Waals surface area contributed by atoms with Crippen molar-refractivity contribution in [3.63, 3.8) is 0 Å². The van der Waals surface area contributed by atoms with Crippen LogP contribution in [0.3, 0.4) is 0 Å². The molecule has 1 aromatic rings. The van der Waals surface area contributed by atoms with Gasteiger partial charge in [0.1, 0.15) is 4.88 Å². The summed E-state index contributed by atoms with van der Waals surface area (Å²) in [6.45, 7) is 1.18. The van der Waals surface area contributed by atoms with E-state index in [9.17, 15) is 4.79 Å². The molecule has 5 nitrogen and oxygen atoms in total. The van der Waals surface area contributed by atoms with E-state index < -0.39 is 5.91 Å². The molecule has 0 atom stereocenters. The molecule has 0 saturated carbocycles. The van der Waals surface area contributed by atoms with Crippen LogP contribution in [0.25, 0.3) is 0 Å². The van der Waals surface area contributed by atoms with E-state index in [1.54, 1.807) is 0 Å². The minimum Gasteiger partial charge on any atom is -0.365 e. The minimum absolute atomic E-state index is 0.451. The van der Waals surface area contributed by atoms with E-state index in [0.29, 0.717) is 23.1 Å². The van der Waals surface area contributed by atoms with Crippen LogP contribution in [0.15, 0.2) is 6.20 Å². The molecule has 66 valence electrons. The van der Waals surface area contributed by atoms with Crippen molar-refractivity contribution in [1.82, 2.24) is 4.98 Å². The average molecular weight is 186 g/mol. The first-order valence-corrected chi connectivity index (χ1v) is 4.25. The van der Waals surface area contributed by atoms with Crippen LogP contribution in [0.5, 0.6) is 0 Å². The summed E-state index contributed by atoms with van der Waals surface area (Å²) >= 11 is 1.23. The summed E-state index contributed by atoms with van der Waals surface area (Å²) < 4.78 is 0. The molecule has 5 N–H and O–H groups in total. The van der Waals surface area contributed by atoms with Gasteiger partial charge in [-0.25, -0.2) is 4.98 Å². The number of hydrogen-bond acceptors (Lipinski definition) is 5. The van der Waals surface area contributed by atoms with Crippen LogP contribution in [0.1, 0.15) is 9.67 Å². The fraction of sp³-hybridized carbons (Fsp3) is 0.333. The predicted molar refractivity (Wildman–Crippen MR) is 48.2 cm³/mol. The first kappa shape index (κ1) is 8.95. The van der Waals surface area contributed by atoms with Crippen LogP contribution in [0.2, 0.25) is 0 Å². The molecule has 0 aliphatic carbocycles. The molecule has 1 amide bonds. The Balaban J connectivity index is 2.58. The zero-order valence-corrected chi connectivity index (χ0v) is 7.23. The van der Waals surface area contributed by atoms with Gasteiger partial charge < -0.3 is 16.8 Å². The van der Waals surface area contributed by atoms with E-state index >= 15 is 0 Å². The first-order valence-electron chi connectivity index (χ1n) is 3.43. The van der Waals surface area contributed by atoms with E-state index in [1.165, 1.54) is 17.5 Å².